The predicted octanol–water partition coefficient (Wildman–Crippen LogP) is 4.01. The highest BCUT2D eigenvalue weighted by Gasteiger charge is 2.08. The van der Waals surface area contributed by atoms with Gasteiger partial charge in [-0.25, -0.2) is 0 Å². The maximum Gasteiger partial charge on any atom is 0.133 e. The molecule has 0 amide bonds. The minimum absolute atomic E-state index is 0.0355. The molecule has 2 aromatic rings. The highest BCUT2D eigenvalue weighted by atomic mass is 127. The van der Waals surface area contributed by atoms with Crippen LogP contribution in [0.25, 0.3) is 0 Å². The van der Waals surface area contributed by atoms with Gasteiger partial charge in [0.15, 0.2) is 0 Å². The van der Waals surface area contributed by atoms with Gasteiger partial charge in [-0.15, -0.1) is 0 Å². The molecule has 0 heterocycles. The van der Waals surface area contributed by atoms with Crippen LogP contribution in [-0.4, -0.2) is 0 Å². The Kier molecular flexibility index (Phi) is 3.89. The quantitative estimate of drug-likeness (QED) is 0.677. The van der Waals surface area contributed by atoms with E-state index in [-0.39, 0.29) is 6.10 Å². The molecule has 0 fully saturated rings. The van der Waals surface area contributed by atoms with Crippen LogP contribution in [0.3, 0.4) is 0 Å². The molecule has 2 aromatic carbocycles. The number of hydrogen-bond acceptors (Lipinski definition) is 2. The average molecular weight is 339 g/mol. The van der Waals surface area contributed by atoms with Gasteiger partial charge in [0.25, 0.3) is 0 Å². The Morgan fingerprint density at radius 2 is 1.82 bits per heavy atom. The van der Waals surface area contributed by atoms with E-state index >= 15 is 0 Å². The van der Waals surface area contributed by atoms with Gasteiger partial charge in [0.2, 0.25) is 0 Å². The number of benzene rings is 2. The molecule has 0 aliphatic rings. The van der Waals surface area contributed by atoms with Crippen LogP contribution in [0.4, 0.5) is 5.69 Å². The number of halogens is 1. The molecule has 2 nitrogen and oxygen atoms in total. The van der Waals surface area contributed by atoms with E-state index in [4.69, 9.17) is 10.5 Å². The number of hydrogen-bond donors (Lipinski definition) is 1. The molecule has 0 aliphatic carbocycles. The first-order valence-corrected chi connectivity index (χ1v) is 6.51. The Bertz CT molecular complexity index is 499. The van der Waals surface area contributed by atoms with Gasteiger partial charge in [0.1, 0.15) is 11.9 Å². The molecule has 17 heavy (non-hydrogen) atoms. The van der Waals surface area contributed by atoms with E-state index in [0.717, 1.165) is 15.0 Å². The van der Waals surface area contributed by atoms with Crippen molar-refractivity contribution in [1.82, 2.24) is 0 Å². The van der Waals surface area contributed by atoms with Gasteiger partial charge in [0.05, 0.1) is 3.57 Å². The fraction of sp³-hybridized carbons (Fsp3) is 0.143. The molecule has 0 saturated carbocycles. The molecule has 0 saturated heterocycles. The molecule has 1 atom stereocenters. The van der Waals surface area contributed by atoms with Gasteiger partial charge in [-0.3, -0.25) is 0 Å². The zero-order valence-electron chi connectivity index (χ0n) is 9.56. The standard InChI is InChI=1S/C14H14INO/c1-10(11-5-3-2-4-6-11)17-14-8-7-12(16)9-13(14)15/h2-10H,16H2,1H3. The van der Waals surface area contributed by atoms with Crippen LogP contribution in [0.1, 0.15) is 18.6 Å². The second-order valence-electron chi connectivity index (χ2n) is 3.86. The van der Waals surface area contributed by atoms with Crippen LogP contribution in [0.5, 0.6) is 5.75 Å². The SMILES string of the molecule is CC(Oc1ccc(N)cc1I)c1ccccc1. The first kappa shape index (κ1) is 12.2. The fourth-order valence-electron chi connectivity index (χ4n) is 1.60. The Morgan fingerprint density at radius 1 is 1.12 bits per heavy atom. The number of ether oxygens (including phenoxy) is 1. The molecular weight excluding hydrogens is 325 g/mol. The lowest BCUT2D eigenvalue weighted by Crippen LogP contribution is -2.04. The minimum Gasteiger partial charge on any atom is -0.485 e. The lowest BCUT2D eigenvalue weighted by molar-refractivity contribution is 0.225. The molecule has 88 valence electrons. The summed E-state index contributed by atoms with van der Waals surface area (Å²) in [7, 11) is 0. The van der Waals surface area contributed by atoms with Crippen LogP contribution in [0.15, 0.2) is 48.5 Å². The van der Waals surface area contributed by atoms with Crippen LogP contribution in [-0.2, 0) is 0 Å². The van der Waals surface area contributed by atoms with Crippen molar-refractivity contribution >= 4 is 28.3 Å². The largest absolute Gasteiger partial charge is 0.485 e. The third kappa shape index (κ3) is 3.12. The van der Waals surface area contributed by atoms with Gasteiger partial charge in [-0.05, 0) is 53.3 Å². The highest BCUT2D eigenvalue weighted by molar-refractivity contribution is 14.1. The van der Waals surface area contributed by atoms with Crippen molar-refractivity contribution < 1.29 is 4.74 Å². The maximum atomic E-state index is 5.92. The number of nitrogens with two attached hydrogens (primary N) is 1. The Morgan fingerprint density at radius 3 is 2.47 bits per heavy atom. The molecule has 0 radical (unpaired) electrons. The second-order valence-corrected chi connectivity index (χ2v) is 5.02. The zero-order chi connectivity index (χ0) is 12.3. The van der Waals surface area contributed by atoms with Crippen molar-refractivity contribution in [2.75, 3.05) is 5.73 Å². The van der Waals surface area contributed by atoms with E-state index in [0.29, 0.717) is 0 Å². The Labute approximate surface area is 115 Å². The average Bonchev–Trinajstić information content (AvgIpc) is 2.34. The van der Waals surface area contributed by atoms with Gasteiger partial charge < -0.3 is 10.5 Å². The monoisotopic (exact) mass is 339 g/mol. The van der Waals surface area contributed by atoms with Gasteiger partial charge >= 0.3 is 0 Å². The zero-order valence-corrected chi connectivity index (χ0v) is 11.7. The molecule has 2 N–H and O–H groups in total. The molecule has 0 spiro atoms. The summed E-state index contributed by atoms with van der Waals surface area (Å²) in [6, 6.07) is 15.8. The summed E-state index contributed by atoms with van der Waals surface area (Å²) in [5, 5.41) is 0. The second kappa shape index (κ2) is 5.40. The van der Waals surface area contributed by atoms with E-state index in [2.05, 4.69) is 34.7 Å². The summed E-state index contributed by atoms with van der Waals surface area (Å²) in [5.41, 5.74) is 7.63. The van der Waals surface area contributed by atoms with Crippen LogP contribution >= 0.6 is 22.6 Å². The van der Waals surface area contributed by atoms with Gasteiger partial charge in [-0.1, -0.05) is 30.3 Å². The topological polar surface area (TPSA) is 35.2 Å². The highest BCUT2D eigenvalue weighted by Crippen LogP contribution is 2.27. The molecule has 0 bridgehead atoms. The molecular formula is C14H14INO. The summed E-state index contributed by atoms with van der Waals surface area (Å²) >= 11 is 2.23. The third-order valence-corrected chi connectivity index (χ3v) is 3.37. The summed E-state index contributed by atoms with van der Waals surface area (Å²) in [4.78, 5) is 0. The molecule has 0 aliphatic heterocycles. The van der Waals surface area contributed by atoms with Crippen LogP contribution < -0.4 is 10.5 Å². The minimum atomic E-state index is 0.0355. The molecule has 3 heteroatoms. The lowest BCUT2D eigenvalue weighted by atomic mass is 10.1. The first-order valence-electron chi connectivity index (χ1n) is 5.43. The summed E-state index contributed by atoms with van der Waals surface area (Å²) in [5.74, 6) is 0.871. The fourth-order valence-corrected chi connectivity index (χ4v) is 2.26. The normalized spacial score (nSPS) is 12.1. The van der Waals surface area contributed by atoms with E-state index in [9.17, 15) is 0 Å². The maximum absolute atomic E-state index is 5.92. The summed E-state index contributed by atoms with van der Waals surface area (Å²) in [6.07, 6.45) is 0.0355. The van der Waals surface area contributed by atoms with E-state index in [1.807, 2.05) is 43.3 Å². The summed E-state index contributed by atoms with van der Waals surface area (Å²) in [6.45, 7) is 2.04. The smallest absolute Gasteiger partial charge is 0.133 e. The van der Waals surface area contributed by atoms with Gasteiger partial charge in [0, 0.05) is 5.69 Å². The molecule has 2 rings (SSSR count). The predicted molar refractivity (Wildman–Crippen MR) is 79.1 cm³/mol. The van der Waals surface area contributed by atoms with Crippen molar-refractivity contribution in [3.8, 4) is 5.75 Å². The Hall–Kier alpha value is -1.23. The van der Waals surface area contributed by atoms with Crippen molar-refractivity contribution in [3.05, 3.63) is 57.7 Å². The van der Waals surface area contributed by atoms with Crippen LogP contribution in [0, 0.1) is 3.57 Å². The van der Waals surface area contributed by atoms with E-state index < -0.39 is 0 Å². The van der Waals surface area contributed by atoms with Crippen molar-refractivity contribution in [3.63, 3.8) is 0 Å². The number of nitrogen functional groups attached to an aromatic ring is 1. The van der Waals surface area contributed by atoms with Crippen molar-refractivity contribution in [2.24, 2.45) is 0 Å². The lowest BCUT2D eigenvalue weighted by Gasteiger charge is -2.16. The van der Waals surface area contributed by atoms with Crippen molar-refractivity contribution in [2.45, 2.75) is 13.0 Å². The number of anilines is 1. The Balaban J connectivity index is 2.16. The summed E-state index contributed by atoms with van der Waals surface area (Å²) < 4.78 is 6.96. The third-order valence-electron chi connectivity index (χ3n) is 2.53. The number of rotatable bonds is 3. The van der Waals surface area contributed by atoms with Gasteiger partial charge in [-0.2, -0.15) is 0 Å². The van der Waals surface area contributed by atoms with E-state index in [1.54, 1.807) is 0 Å². The first-order chi connectivity index (χ1) is 8.16. The van der Waals surface area contributed by atoms with Crippen LogP contribution in [0.2, 0.25) is 0 Å². The van der Waals surface area contributed by atoms with Crippen molar-refractivity contribution in [1.29, 1.82) is 0 Å². The van der Waals surface area contributed by atoms with E-state index in [1.165, 1.54) is 5.56 Å². The molecule has 0 aromatic heterocycles. The molecule has 1 unspecified atom stereocenters.